The van der Waals surface area contributed by atoms with Crippen LogP contribution in [0.4, 0.5) is 0 Å². The Bertz CT molecular complexity index is 1200. The van der Waals surface area contributed by atoms with Crippen LogP contribution >= 0.6 is 0 Å². The molecule has 1 unspecified atom stereocenters. The smallest absolute Gasteiger partial charge is 0.170 e. The van der Waals surface area contributed by atoms with Crippen molar-refractivity contribution in [3.8, 4) is 17.2 Å². The third-order valence-electron chi connectivity index (χ3n) is 6.70. The van der Waals surface area contributed by atoms with Crippen LogP contribution in [0.3, 0.4) is 0 Å². The summed E-state index contributed by atoms with van der Waals surface area (Å²) >= 11 is 0. The van der Waals surface area contributed by atoms with Gasteiger partial charge in [-0.3, -0.25) is 4.79 Å². The van der Waals surface area contributed by atoms with Crippen molar-refractivity contribution in [2.24, 2.45) is 0 Å². The summed E-state index contributed by atoms with van der Waals surface area (Å²) in [5.41, 5.74) is 5.48. The maximum Gasteiger partial charge on any atom is 0.170 e. The standard InChI is InChI=1S/C30H36O5/c1-17(2)7-9-19-13-20(14-21-15-27(30(5,6)33)35-28(19)21)26-16-25(32)23-11-12-24(31)22(29(23)34-26)10-8-18(3)4/h7-8,11-14,26-27,31,33H,9-10,15-16H2,1-6H3/t26-,27?/m0/s1. The zero-order valence-corrected chi connectivity index (χ0v) is 21.6. The second-order valence-electron chi connectivity index (χ2n) is 10.8. The summed E-state index contributed by atoms with van der Waals surface area (Å²) in [5.74, 6) is 1.43. The highest BCUT2D eigenvalue weighted by atomic mass is 16.5. The normalized spacial score (nSPS) is 18.8. The van der Waals surface area contributed by atoms with Crippen molar-refractivity contribution in [3.63, 3.8) is 0 Å². The molecule has 2 aromatic carbocycles. The molecule has 0 aliphatic carbocycles. The SMILES string of the molecule is CC(C)=CCc1cc([C@@H]2CC(=O)c3ccc(O)c(CC=C(C)C)c3O2)cc2c1OC(C(C)(C)O)C2. The van der Waals surface area contributed by atoms with Crippen molar-refractivity contribution in [1.82, 2.24) is 0 Å². The van der Waals surface area contributed by atoms with Crippen LogP contribution in [0, 0.1) is 0 Å². The highest BCUT2D eigenvalue weighted by Gasteiger charge is 2.37. The van der Waals surface area contributed by atoms with E-state index in [9.17, 15) is 15.0 Å². The van der Waals surface area contributed by atoms with Crippen LogP contribution < -0.4 is 9.47 Å². The van der Waals surface area contributed by atoms with Crippen LogP contribution in [0.25, 0.3) is 0 Å². The number of phenols is 1. The molecule has 0 bridgehead atoms. The number of aliphatic hydroxyl groups is 1. The number of aromatic hydroxyl groups is 1. The summed E-state index contributed by atoms with van der Waals surface area (Å²) in [4.78, 5) is 13.1. The van der Waals surface area contributed by atoms with Gasteiger partial charge in [-0.2, -0.15) is 0 Å². The van der Waals surface area contributed by atoms with Crippen LogP contribution in [0.2, 0.25) is 0 Å². The average Bonchev–Trinajstić information content (AvgIpc) is 3.21. The molecule has 2 heterocycles. The van der Waals surface area contributed by atoms with Crippen LogP contribution in [-0.4, -0.2) is 27.7 Å². The Morgan fingerprint density at radius 3 is 2.34 bits per heavy atom. The van der Waals surface area contributed by atoms with Gasteiger partial charge >= 0.3 is 0 Å². The number of rotatable bonds is 6. The summed E-state index contributed by atoms with van der Waals surface area (Å²) in [6.07, 6.45) is 5.40. The quantitative estimate of drug-likeness (QED) is 0.486. The molecular formula is C30H36O5. The molecule has 5 heteroatoms. The number of phenolic OH excluding ortho intramolecular Hbond substituents is 1. The van der Waals surface area contributed by atoms with E-state index in [2.05, 4.69) is 32.1 Å². The minimum absolute atomic E-state index is 0.00617. The number of fused-ring (bicyclic) bond motifs is 2. The fraction of sp³-hybridized carbons (Fsp3) is 0.433. The third kappa shape index (κ3) is 5.30. The highest BCUT2D eigenvalue weighted by Crippen LogP contribution is 2.44. The molecule has 2 N–H and O–H groups in total. The van der Waals surface area contributed by atoms with Gasteiger partial charge in [0.25, 0.3) is 0 Å². The minimum atomic E-state index is -0.972. The number of carbonyl (C=O) groups is 1. The minimum Gasteiger partial charge on any atom is -0.508 e. The summed E-state index contributed by atoms with van der Waals surface area (Å²) in [7, 11) is 0. The number of hydrogen-bond donors (Lipinski definition) is 2. The molecule has 0 spiro atoms. The van der Waals surface area contributed by atoms with Gasteiger partial charge in [0.1, 0.15) is 29.5 Å². The lowest BCUT2D eigenvalue weighted by Gasteiger charge is -2.28. The lowest BCUT2D eigenvalue weighted by atomic mass is 9.90. The predicted molar refractivity (Wildman–Crippen MR) is 138 cm³/mol. The molecule has 0 saturated heterocycles. The Kier molecular flexibility index (Phi) is 6.83. The first kappa shape index (κ1) is 25.1. The van der Waals surface area contributed by atoms with E-state index in [4.69, 9.17) is 9.47 Å². The van der Waals surface area contributed by atoms with Crippen molar-refractivity contribution in [3.05, 3.63) is 75.4 Å². The molecule has 2 aromatic rings. The maximum atomic E-state index is 13.1. The number of ether oxygens (including phenoxy) is 2. The van der Waals surface area contributed by atoms with Gasteiger partial charge in [0.05, 0.1) is 17.6 Å². The molecule has 5 nitrogen and oxygen atoms in total. The Morgan fingerprint density at radius 2 is 1.69 bits per heavy atom. The fourth-order valence-corrected chi connectivity index (χ4v) is 4.64. The van der Waals surface area contributed by atoms with Gasteiger partial charge in [0, 0.05) is 12.0 Å². The van der Waals surface area contributed by atoms with E-state index in [0.29, 0.717) is 36.1 Å². The fourth-order valence-electron chi connectivity index (χ4n) is 4.64. The number of allylic oxidation sites excluding steroid dienone is 4. The molecular weight excluding hydrogens is 440 g/mol. The van der Waals surface area contributed by atoms with Gasteiger partial charge in [-0.1, -0.05) is 23.3 Å². The summed E-state index contributed by atoms with van der Waals surface area (Å²) in [5, 5.41) is 21.1. The predicted octanol–water partition coefficient (Wildman–Crippen LogP) is 6.19. The second-order valence-corrected chi connectivity index (χ2v) is 10.8. The van der Waals surface area contributed by atoms with Crippen LogP contribution in [0.1, 0.15) is 86.7 Å². The molecule has 35 heavy (non-hydrogen) atoms. The number of hydrogen-bond acceptors (Lipinski definition) is 5. The van der Waals surface area contributed by atoms with Crippen molar-refractivity contribution in [1.29, 1.82) is 0 Å². The molecule has 2 aliphatic rings. The van der Waals surface area contributed by atoms with Crippen molar-refractivity contribution >= 4 is 5.78 Å². The molecule has 0 amide bonds. The Morgan fingerprint density at radius 1 is 1.00 bits per heavy atom. The summed E-state index contributed by atoms with van der Waals surface area (Å²) in [6, 6.07) is 7.34. The molecule has 2 atom stereocenters. The molecule has 0 fully saturated rings. The van der Waals surface area contributed by atoms with Crippen LogP contribution in [0.5, 0.6) is 17.2 Å². The highest BCUT2D eigenvalue weighted by molar-refractivity contribution is 6.00. The van der Waals surface area contributed by atoms with Gasteiger partial charge in [-0.25, -0.2) is 0 Å². The van der Waals surface area contributed by atoms with E-state index in [1.807, 2.05) is 19.9 Å². The van der Waals surface area contributed by atoms with Crippen molar-refractivity contribution in [2.45, 2.75) is 85.0 Å². The Hall–Kier alpha value is -3.05. The first-order valence-corrected chi connectivity index (χ1v) is 12.3. The van der Waals surface area contributed by atoms with E-state index in [-0.39, 0.29) is 24.1 Å². The number of carbonyl (C=O) groups excluding carboxylic acids is 1. The lowest BCUT2D eigenvalue weighted by Crippen LogP contribution is -2.39. The van der Waals surface area contributed by atoms with Gasteiger partial charge < -0.3 is 19.7 Å². The topological polar surface area (TPSA) is 76.0 Å². The van der Waals surface area contributed by atoms with Crippen molar-refractivity contribution < 1.29 is 24.5 Å². The molecule has 0 aromatic heterocycles. The average molecular weight is 477 g/mol. The molecule has 0 saturated carbocycles. The monoisotopic (exact) mass is 476 g/mol. The Balaban J connectivity index is 1.75. The van der Waals surface area contributed by atoms with Gasteiger partial charge in [0.2, 0.25) is 0 Å². The first-order chi connectivity index (χ1) is 16.4. The molecule has 0 radical (unpaired) electrons. The van der Waals surface area contributed by atoms with E-state index in [1.54, 1.807) is 26.0 Å². The number of Topliss-reactive ketones (excluding diaryl/α,β-unsaturated/α-hetero) is 1. The van der Waals surface area contributed by atoms with E-state index in [0.717, 1.165) is 28.0 Å². The van der Waals surface area contributed by atoms with Gasteiger partial charge in [-0.15, -0.1) is 0 Å². The lowest BCUT2D eigenvalue weighted by molar-refractivity contribution is -0.0231. The zero-order chi connectivity index (χ0) is 25.5. The van der Waals surface area contributed by atoms with E-state index in [1.165, 1.54) is 5.57 Å². The third-order valence-corrected chi connectivity index (χ3v) is 6.70. The Labute approximate surface area is 208 Å². The summed E-state index contributed by atoms with van der Waals surface area (Å²) < 4.78 is 12.7. The first-order valence-electron chi connectivity index (χ1n) is 12.3. The maximum absolute atomic E-state index is 13.1. The number of ketones is 1. The number of benzene rings is 2. The van der Waals surface area contributed by atoms with E-state index >= 15 is 0 Å². The van der Waals surface area contributed by atoms with E-state index < -0.39 is 11.7 Å². The van der Waals surface area contributed by atoms with Crippen molar-refractivity contribution in [2.75, 3.05) is 0 Å². The van der Waals surface area contributed by atoms with Crippen LogP contribution in [-0.2, 0) is 19.3 Å². The van der Waals surface area contributed by atoms with Crippen LogP contribution in [0.15, 0.2) is 47.6 Å². The molecule has 186 valence electrons. The zero-order valence-electron chi connectivity index (χ0n) is 21.6. The molecule has 4 rings (SSSR count). The van der Waals surface area contributed by atoms with Gasteiger partial charge in [-0.05, 0) is 95.3 Å². The summed E-state index contributed by atoms with van der Waals surface area (Å²) in [6.45, 7) is 11.7. The second kappa shape index (κ2) is 9.54. The largest absolute Gasteiger partial charge is 0.508 e. The molecule has 2 aliphatic heterocycles. The van der Waals surface area contributed by atoms with Gasteiger partial charge in [0.15, 0.2) is 5.78 Å².